The van der Waals surface area contributed by atoms with Crippen LogP contribution in [0.1, 0.15) is 120 Å². The minimum Gasteiger partial charge on any atom is -0.479 e. The third-order valence-electron chi connectivity index (χ3n) is 30.3. The molecular weight excluding hydrogens is 1660 g/mol. The van der Waals surface area contributed by atoms with E-state index in [4.69, 9.17) is 85.3 Å². The Morgan fingerprint density at radius 2 is 0.879 bits per heavy atom. The van der Waals surface area contributed by atoms with Gasteiger partial charge in [-0.2, -0.15) is 0 Å². The third kappa shape index (κ3) is 17.3. The quantitative estimate of drug-likeness (QED) is 0.0207. The van der Waals surface area contributed by atoms with Gasteiger partial charge in [0, 0.05) is 0 Å². The van der Waals surface area contributed by atoms with E-state index in [-0.39, 0.29) is 24.2 Å². The maximum absolute atomic E-state index is 16.2. The van der Waals surface area contributed by atoms with Crippen molar-refractivity contribution in [2.24, 2.45) is 50.2 Å². The van der Waals surface area contributed by atoms with Crippen molar-refractivity contribution in [3.8, 4) is 0 Å². The van der Waals surface area contributed by atoms with Crippen molar-refractivity contribution in [1.82, 2.24) is 0 Å². The highest BCUT2D eigenvalue weighted by Crippen LogP contribution is 2.76. The van der Waals surface area contributed by atoms with Gasteiger partial charge in [0.15, 0.2) is 62.5 Å². The SMILES string of the molecule is CC1OC(OC2C(C)OC(OC(=O)C34CCC(C)(C)CC3C3=CCC5C6(C)CCC(OC7OC(C(=O)O)C(OC8OC(CO)C(OC9OC(CO)C(O)C(O)C9O)C(O)C8O)C(OC8OCC(O)C(O)C8O)C7O)C(C)(C=O)C6CCC5(C)C3(C)CC4)C(OC3OCC(O)C(O)C3OC3OCC(O)C(O)C3O)C2O)C(O)C(OC2OCC(O)C(O)C2O)C1O. The maximum Gasteiger partial charge on any atom is 0.335 e. The summed E-state index contributed by atoms with van der Waals surface area (Å²) >= 11 is 0. The Bertz CT molecular complexity index is 3660. The molecule has 0 aromatic carbocycles. The van der Waals surface area contributed by atoms with Crippen molar-refractivity contribution in [3.05, 3.63) is 11.6 Å². The molecule has 4 saturated carbocycles. The lowest BCUT2D eigenvalue weighted by Crippen LogP contribution is -2.69. The topological polar surface area (TPSA) is 683 Å². The number of fused-ring (bicyclic) bond motifs is 7. The van der Waals surface area contributed by atoms with Crippen LogP contribution in [-0.2, 0) is 99.6 Å². The van der Waals surface area contributed by atoms with E-state index in [1.54, 1.807) is 6.92 Å². The van der Waals surface area contributed by atoms with Crippen LogP contribution < -0.4 is 0 Å². The highest BCUT2D eigenvalue weighted by Gasteiger charge is 2.72. The van der Waals surface area contributed by atoms with Crippen molar-refractivity contribution in [2.75, 3.05) is 39.6 Å². The molecule has 44 nitrogen and oxygen atoms in total. The minimum absolute atomic E-state index is 0.0913. The number of hydrogen-bond acceptors (Lipinski definition) is 43. The summed E-state index contributed by atoms with van der Waals surface area (Å²) in [4.78, 5) is 44.2. The molecule has 23 N–H and O–H groups in total. The molecule has 124 heavy (non-hydrogen) atoms. The van der Waals surface area contributed by atoms with Crippen molar-refractivity contribution in [2.45, 2.75) is 378 Å². The predicted octanol–water partition coefficient (Wildman–Crippen LogP) is -9.03. The zero-order valence-electron chi connectivity index (χ0n) is 69.8. The molecule has 0 amide bonds. The van der Waals surface area contributed by atoms with E-state index in [1.165, 1.54) is 13.8 Å². The Morgan fingerprint density at radius 3 is 1.46 bits per heavy atom. The number of allylic oxidation sites excluding steroid dienone is 2. The largest absolute Gasteiger partial charge is 0.479 e. The molecule has 14 rings (SSSR count). The molecular formula is C80H126O44. The number of aldehydes is 1. The fraction of sp³-hybridized carbons (Fsp3) is 0.938. The fourth-order valence-corrected chi connectivity index (χ4v) is 22.5. The van der Waals surface area contributed by atoms with E-state index in [0.717, 1.165) is 11.9 Å². The van der Waals surface area contributed by atoms with Crippen LogP contribution >= 0.6 is 0 Å². The molecule has 0 aromatic rings. The van der Waals surface area contributed by atoms with Crippen LogP contribution in [0.3, 0.4) is 0 Å². The normalized spacial score (nSPS) is 54.8. The molecule has 0 spiro atoms. The van der Waals surface area contributed by atoms with Gasteiger partial charge >= 0.3 is 11.9 Å². The average molecular weight is 1790 g/mol. The van der Waals surface area contributed by atoms with Gasteiger partial charge in [0.05, 0.1) is 68.8 Å². The van der Waals surface area contributed by atoms with E-state index >= 15 is 4.79 Å². The van der Waals surface area contributed by atoms with Gasteiger partial charge in [-0.25, -0.2) is 4.79 Å². The zero-order valence-corrected chi connectivity index (χ0v) is 69.8. The summed E-state index contributed by atoms with van der Waals surface area (Å²) in [5, 5.41) is 254. The smallest absolute Gasteiger partial charge is 0.335 e. The first-order valence-electron chi connectivity index (χ1n) is 42.8. The van der Waals surface area contributed by atoms with Gasteiger partial charge in [0.1, 0.15) is 177 Å². The summed E-state index contributed by atoms with van der Waals surface area (Å²) < 4.78 is 108. The van der Waals surface area contributed by atoms with Crippen molar-refractivity contribution < 1.29 is 217 Å². The number of aliphatic carboxylic acids is 1. The Labute approximate surface area is 712 Å². The van der Waals surface area contributed by atoms with E-state index in [1.807, 2.05) is 0 Å². The molecule has 710 valence electrons. The second kappa shape index (κ2) is 37.3. The number of aliphatic hydroxyl groups excluding tert-OH is 22. The van der Waals surface area contributed by atoms with Crippen molar-refractivity contribution in [3.63, 3.8) is 0 Å². The summed E-state index contributed by atoms with van der Waals surface area (Å²) in [5.74, 6) is -3.76. The number of carboxylic acids is 1. The molecule has 13 fully saturated rings. The van der Waals surface area contributed by atoms with E-state index in [9.17, 15) is 127 Å². The molecule has 0 radical (unpaired) electrons. The first-order valence-corrected chi connectivity index (χ1v) is 42.8. The van der Waals surface area contributed by atoms with Gasteiger partial charge in [-0.15, -0.1) is 0 Å². The summed E-state index contributed by atoms with van der Waals surface area (Å²) in [5.41, 5.74) is -4.06. The van der Waals surface area contributed by atoms with Crippen LogP contribution in [-0.4, -0.2) is 433 Å². The van der Waals surface area contributed by atoms with E-state index in [2.05, 4.69) is 40.7 Å². The number of carboxylic acid groups (broad SMARTS) is 1. The van der Waals surface area contributed by atoms with Crippen LogP contribution in [0.15, 0.2) is 11.6 Å². The second-order valence-electron chi connectivity index (χ2n) is 38.2. The first kappa shape index (κ1) is 96.8. The molecule has 9 aliphatic heterocycles. The molecule has 50 atom stereocenters. The molecule has 0 bridgehead atoms. The molecule has 50 unspecified atom stereocenters. The third-order valence-corrected chi connectivity index (χ3v) is 30.3. The molecule has 9 saturated heterocycles. The monoisotopic (exact) mass is 1790 g/mol. The molecule has 44 heteroatoms. The zero-order chi connectivity index (χ0) is 90.2. The number of ether oxygens (including phenoxy) is 18. The Morgan fingerprint density at radius 1 is 0.411 bits per heavy atom. The Hall–Kier alpha value is -3.21. The number of rotatable bonds is 22. The fourth-order valence-electron chi connectivity index (χ4n) is 22.5. The van der Waals surface area contributed by atoms with Crippen LogP contribution in [0.4, 0.5) is 0 Å². The second-order valence-corrected chi connectivity index (χ2v) is 38.2. The van der Waals surface area contributed by atoms with Gasteiger partial charge in [-0.3, -0.25) is 4.79 Å². The number of aliphatic hydroxyl groups is 22. The van der Waals surface area contributed by atoms with Gasteiger partial charge in [-0.05, 0) is 117 Å². The van der Waals surface area contributed by atoms with Crippen molar-refractivity contribution >= 4 is 18.2 Å². The number of carbonyl (C=O) groups excluding carboxylic acids is 2. The van der Waals surface area contributed by atoms with Crippen LogP contribution in [0, 0.1) is 50.2 Å². The highest BCUT2D eigenvalue weighted by molar-refractivity contribution is 5.79. The lowest BCUT2D eigenvalue weighted by molar-refractivity contribution is -0.392. The highest BCUT2D eigenvalue weighted by atomic mass is 16.8. The lowest BCUT2D eigenvalue weighted by Gasteiger charge is -2.71. The summed E-state index contributed by atoms with van der Waals surface area (Å²) in [7, 11) is 0. The number of carbonyl (C=O) groups is 3. The van der Waals surface area contributed by atoms with Gasteiger partial charge < -0.3 is 208 Å². The van der Waals surface area contributed by atoms with Crippen LogP contribution in [0.2, 0.25) is 0 Å². The Balaban J connectivity index is 0.715. The summed E-state index contributed by atoms with van der Waals surface area (Å²) in [6.07, 6.45) is -70.9. The van der Waals surface area contributed by atoms with Crippen LogP contribution in [0.5, 0.6) is 0 Å². The lowest BCUT2D eigenvalue weighted by atomic mass is 9.33. The molecule has 14 aliphatic rings. The predicted molar refractivity (Wildman–Crippen MR) is 400 cm³/mol. The van der Waals surface area contributed by atoms with E-state index < -0.39 is 349 Å². The maximum atomic E-state index is 16.2. The molecule has 5 aliphatic carbocycles. The summed E-state index contributed by atoms with van der Waals surface area (Å²) in [6, 6.07) is 0. The van der Waals surface area contributed by atoms with Crippen LogP contribution in [0.25, 0.3) is 0 Å². The standard InChI is InChI=1S/C80H126O44/c1-27-40(88)58(118-65-48(96)41(89)31(84)22-107-65)54(102)70(111-27)116-56-28(2)112-73(61(53(56)101)121-72-60(44(92)34(87)25-110-72)120-67-50(98)43(91)33(86)24-109-67)124-74(106)80-17-15-75(3,4)19-30(80)29-9-10-38-76(5)13-12-39(77(6,26-83)37(76)11-14-79(38,8)78(29,7)16-18-80)115-71-55(103)59(119-66-49(97)42(90)32(85)23-108-66)62(63(123-71)64(104)105)122-69-52(100)47(95)57(36(21-82)114-69)117-68-51(99)46(94)45(93)35(20-81)113-68/h9,26-28,30-63,65-73,81-82,84-103H,10-25H2,1-8H3,(H,104,105). The number of esters is 1. The Kier molecular flexibility index (Phi) is 29.2. The first-order chi connectivity index (χ1) is 58.3. The number of hydrogen-bond donors (Lipinski definition) is 23. The minimum atomic E-state index is -2.32. The van der Waals surface area contributed by atoms with Gasteiger partial charge in [0.25, 0.3) is 0 Å². The van der Waals surface area contributed by atoms with Gasteiger partial charge in [-0.1, -0.05) is 53.2 Å². The van der Waals surface area contributed by atoms with E-state index in [0.29, 0.717) is 51.4 Å². The average Bonchev–Trinajstić information content (AvgIpc) is 0.672. The van der Waals surface area contributed by atoms with Crippen molar-refractivity contribution in [1.29, 1.82) is 0 Å². The summed E-state index contributed by atoms with van der Waals surface area (Å²) in [6.45, 7) is 11.0. The van der Waals surface area contributed by atoms with Gasteiger partial charge in [0.2, 0.25) is 6.29 Å². The molecule has 0 aromatic heterocycles. The molecule has 9 heterocycles.